The molecule has 0 amide bonds. The quantitative estimate of drug-likeness (QED) is 0.541. The summed E-state index contributed by atoms with van der Waals surface area (Å²) >= 11 is 0. The van der Waals surface area contributed by atoms with E-state index in [1.54, 1.807) is 0 Å². The van der Waals surface area contributed by atoms with Gasteiger partial charge in [-0.15, -0.1) is 0 Å². The smallest absolute Gasteiger partial charge is 0.143 e. The van der Waals surface area contributed by atoms with Gasteiger partial charge < -0.3 is 15.0 Å². The van der Waals surface area contributed by atoms with Crippen molar-refractivity contribution < 1.29 is 4.74 Å². The molecule has 2 N–H and O–H groups in total. The maximum atomic E-state index is 5.83. The van der Waals surface area contributed by atoms with Gasteiger partial charge in [0.2, 0.25) is 0 Å². The van der Waals surface area contributed by atoms with Gasteiger partial charge in [-0.3, -0.25) is 0 Å². The van der Waals surface area contributed by atoms with Crippen LogP contribution in [-0.4, -0.2) is 15.0 Å². The monoisotopic (exact) mass is 344 g/mol. The third-order valence-electron chi connectivity index (χ3n) is 4.10. The third-order valence-corrected chi connectivity index (χ3v) is 4.10. The molecule has 130 valence electrons. The standard InChI is InChI=1S/C21H20N4O/c1-14-12-19-20(22-14)23-15(2)24-21(19)25-17-8-10-18(11-9-17)26-13-16-6-4-3-5-7-16/h3-12H,13H2,1-2H3,(H2,22,23,24,25). The molecule has 0 aliphatic heterocycles. The van der Waals surface area contributed by atoms with E-state index in [-0.39, 0.29) is 0 Å². The number of hydrogen-bond acceptors (Lipinski definition) is 4. The van der Waals surface area contributed by atoms with Gasteiger partial charge in [-0.05, 0) is 49.7 Å². The lowest BCUT2D eigenvalue weighted by molar-refractivity contribution is 0.306. The minimum atomic E-state index is 0.558. The molecule has 0 saturated carbocycles. The molecule has 0 aliphatic rings. The molecule has 2 aromatic heterocycles. The van der Waals surface area contributed by atoms with Crippen LogP contribution in [0.4, 0.5) is 11.5 Å². The molecule has 26 heavy (non-hydrogen) atoms. The molecule has 5 heteroatoms. The van der Waals surface area contributed by atoms with Gasteiger partial charge in [0.1, 0.15) is 29.6 Å². The highest BCUT2D eigenvalue weighted by Crippen LogP contribution is 2.26. The first-order valence-electron chi connectivity index (χ1n) is 8.55. The van der Waals surface area contributed by atoms with Gasteiger partial charge in [0.25, 0.3) is 0 Å². The average Bonchev–Trinajstić information content (AvgIpc) is 3.02. The van der Waals surface area contributed by atoms with E-state index in [9.17, 15) is 0 Å². The zero-order valence-electron chi connectivity index (χ0n) is 14.8. The Balaban J connectivity index is 1.49. The first kappa shape index (κ1) is 16.1. The zero-order chi connectivity index (χ0) is 17.9. The van der Waals surface area contributed by atoms with Crippen molar-refractivity contribution in [2.75, 3.05) is 5.32 Å². The molecular formula is C21H20N4O. The zero-order valence-corrected chi connectivity index (χ0v) is 14.8. The SMILES string of the molecule is Cc1nc(Nc2ccc(OCc3ccccc3)cc2)c2cc(C)[nH]c2n1. The van der Waals surface area contributed by atoms with Crippen LogP contribution < -0.4 is 10.1 Å². The predicted octanol–water partition coefficient (Wildman–Crippen LogP) is 4.90. The Labute approximate surface area is 152 Å². The maximum Gasteiger partial charge on any atom is 0.143 e. The molecule has 0 radical (unpaired) electrons. The van der Waals surface area contributed by atoms with E-state index in [1.807, 2.05) is 56.3 Å². The number of nitrogens with one attached hydrogen (secondary N) is 2. The second-order valence-corrected chi connectivity index (χ2v) is 6.26. The molecule has 0 atom stereocenters. The molecule has 0 aliphatic carbocycles. The van der Waals surface area contributed by atoms with Crippen molar-refractivity contribution in [3.63, 3.8) is 0 Å². The summed E-state index contributed by atoms with van der Waals surface area (Å²) in [5.74, 6) is 2.36. The molecule has 0 fully saturated rings. The number of benzene rings is 2. The first-order chi connectivity index (χ1) is 12.7. The topological polar surface area (TPSA) is 62.8 Å². The van der Waals surface area contributed by atoms with Crippen molar-refractivity contribution in [2.45, 2.75) is 20.5 Å². The van der Waals surface area contributed by atoms with Crippen LogP contribution in [0.1, 0.15) is 17.1 Å². The number of hydrogen-bond donors (Lipinski definition) is 2. The van der Waals surface area contributed by atoms with Crippen molar-refractivity contribution in [1.29, 1.82) is 0 Å². The second kappa shape index (κ2) is 6.88. The number of rotatable bonds is 5. The van der Waals surface area contributed by atoms with Crippen molar-refractivity contribution in [1.82, 2.24) is 15.0 Å². The predicted molar refractivity (Wildman–Crippen MR) is 104 cm³/mol. The van der Waals surface area contributed by atoms with Gasteiger partial charge in [-0.1, -0.05) is 30.3 Å². The number of ether oxygens (including phenoxy) is 1. The van der Waals surface area contributed by atoms with Gasteiger partial charge in [0.15, 0.2) is 0 Å². The molecule has 0 spiro atoms. The minimum Gasteiger partial charge on any atom is -0.489 e. The van der Waals surface area contributed by atoms with Crippen LogP contribution in [0.2, 0.25) is 0 Å². The Hall–Kier alpha value is -3.34. The Morgan fingerprint density at radius 1 is 0.962 bits per heavy atom. The van der Waals surface area contributed by atoms with E-state index in [2.05, 4.69) is 38.5 Å². The number of aromatic nitrogens is 3. The number of aromatic amines is 1. The number of nitrogens with zero attached hydrogens (tertiary/aromatic N) is 2. The van der Waals surface area contributed by atoms with Gasteiger partial charge in [-0.2, -0.15) is 0 Å². The Morgan fingerprint density at radius 3 is 2.50 bits per heavy atom. The normalized spacial score (nSPS) is 10.8. The van der Waals surface area contributed by atoms with Crippen LogP contribution in [0, 0.1) is 13.8 Å². The van der Waals surface area contributed by atoms with Crippen LogP contribution in [0.3, 0.4) is 0 Å². The van der Waals surface area contributed by atoms with Crippen molar-refractivity contribution >= 4 is 22.5 Å². The summed E-state index contributed by atoms with van der Waals surface area (Å²) in [5, 5.41) is 4.36. The largest absolute Gasteiger partial charge is 0.489 e. The summed E-state index contributed by atoms with van der Waals surface area (Å²) in [6.07, 6.45) is 0. The number of anilines is 2. The van der Waals surface area contributed by atoms with E-state index < -0.39 is 0 Å². The van der Waals surface area contributed by atoms with Crippen LogP contribution in [-0.2, 0) is 6.61 Å². The highest BCUT2D eigenvalue weighted by Gasteiger charge is 2.09. The molecule has 5 nitrogen and oxygen atoms in total. The first-order valence-corrected chi connectivity index (χ1v) is 8.55. The van der Waals surface area contributed by atoms with Gasteiger partial charge in [-0.25, -0.2) is 9.97 Å². The maximum absolute atomic E-state index is 5.83. The summed E-state index contributed by atoms with van der Waals surface area (Å²) in [5.41, 5.74) is 4.01. The van der Waals surface area contributed by atoms with E-state index in [0.717, 1.165) is 45.4 Å². The lowest BCUT2D eigenvalue weighted by atomic mass is 10.2. The van der Waals surface area contributed by atoms with Crippen molar-refractivity contribution in [2.24, 2.45) is 0 Å². The van der Waals surface area contributed by atoms with E-state index in [4.69, 9.17) is 4.74 Å². The summed E-state index contributed by atoms with van der Waals surface area (Å²) in [6, 6.07) is 20.1. The lowest BCUT2D eigenvalue weighted by Gasteiger charge is -2.10. The second-order valence-electron chi connectivity index (χ2n) is 6.26. The molecule has 2 heterocycles. The van der Waals surface area contributed by atoms with Gasteiger partial charge in [0, 0.05) is 11.4 Å². The van der Waals surface area contributed by atoms with E-state index in [1.165, 1.54) is 0 Å². The summed E-state index contributed by atoms with van der Waals surface area (Å²) in [6.45, 7) is 4.46. The van der Waals surface area contributed by atoms with Crippen LogP contribution >= 0.6 is 0 Å². The molecule has 4 rings (SSSR count). The summed E-state index contributed by atoms with van der Waals surface area (Å²) in [7, 11) is 0. The van der Waals surface area contributed by atoms with Gasteiger partial charge in [0.05, 0.1) is 5.39 Å². The van der Waals surface area contributed by atoms with Crippen LogP contribution in [0.25, 0.3) is 11.0 Å². The van der Waals surface area contributed by atoms with Gasteiger partial charge >= 0.3 is 0 Å². The molecule has 0 bridgehead atoms. The Bertz CT molecular complexity index is 1020. The summed E-state index contributed by atoms with van der Waals surface area (Å²) < 4.78 is 5.83. The number of H-pyrrole nitrogens is 1. The van der Waals surface area contributed by atoms with Crippen LogP contribution in [0.15, 0.2) is 60.7 Å². The van der Waals surface area contributed by atoms with Crippen molar-refractivity contribution in [3.05, 3.63) is 77.7 Å². The number of fused-ring (bicyclic) bond motifs is 1. The lowest BCUT2D eigenvalue weighted by Crippen LogP contribution is -1.99. The molecule has 4 aromatic rings. The fourth-order valence-corrected chi connectivity index (χ4v) is 2.86. The average molecular weight is 344 g/mol. The summed E-state index contributed by atoms with van der Waals surface area (Å²) in [4.78, 5) is 12.2. The highest BCUT2D eigenvalue weighted by molar-refractivity contribution is 5.89. The Morgan fingerprint density at radius 2 is 1.73 bits per heavy atom. The minimum absolute atomic E-state index is 0.558. The van der Waals surface area contributed by atoms with E-state index >= 15 is 0 Å². The molecule has 0 unspecified atom stereocenters. The molecule has 0 saturated heterocycles. The third kappa shape index (κ3) is 3.52. The number of aryl methyl sites for hydroxylation is 2. The fraction of sp³-hybridized carbons (Fsp3) is 0.143. The highest BCUT2D eigenvalue weighted by atomic mass is 16.5. The molecular weight excluding hydrogens is 324 g/mol. The Kier molecular flexibility index (Phi) is 4.27. The fourth-order valence-electron chi connectivity index (χ4n) is 2.86. The molecule has 2 aromatic carbocycles. The van der Waals surface area contributed by atoms with E-state index in [0.29, 0.717) is 6.61 Å². The van der Waals surface area contributed by atoms with Crippen LogP contribution in [0.5, 0.6) is 5.75 Å². The van der Waals surface area contributed by atoms with Crippen molar-refractivity contribution in [3.8, 4) is 5.75 Å².